The Balaban J connectivity index is 1.32. The predicted octanol–water partition coefficient (Wildman–Crippen LogP) is 4.68. The van der Waals surface area contributed by atoms with E-state index in [1.165, 1.54) is 22.3 Å². The zero-order valence-corrected chi connectivity index (χ0v) is 18.9. The molecule has 1 fully saturated rings. The van der Waals surface area contributed by atoms with Gasteiger partial charge in [-0.15, -0.1) is 0 Å². The monoisotopic (exact) mass is 442 g/mol. The van der Waals surface area contributed by atoms with Crippen molar-refractivity contribution < 1.29 is 14.6 Å². The van der Waals surface area contributed by atoms with Crippen LogP contribution in [0.25, 0.3) is 11.1 Å². The minimum absolute atomic E-state index is 0.0404. The van der Waals surface area contributed by atoms with Gasteiger partial charge in [0, 0.05) is 32.6 Å². The Morgan fingerprint density at radius 1 is 1.00 bits per heavy atom. The molecule has 1 aliphatic heterocycles. The predicted molar refractivity (Wildman–Crippen MR) is 129 cm³/mol. The summed E-state index contributed by atoms with van der Waals surface area (Å²) in [5.41, 5.74) is 5.92. The molecule has 0 radical (unpaired) electrons. The van der Waals surface area contributed by atoms with Crippen LogP contribution in [0.2, 0.25) is 0 Å². The largest absolute Gasteiger partial charge is 0.448 e. The van der Waals surface area contributed by atoms with Crippen molar-refractivity contribution >= 4 is 6.09 Å². The number of carbonyl (C=O) groups is 1. The van der Waals surface area contributed by atoms with Crippen LogP contribution >= 0.6 is 0 Å². The number of β-amino-alcohol motifs (C(OH)–C–C–N with tert-alkyl or cyclic N) is 1. The fraction of sp³-hybridized carbons (Fsp3) is 0.321. The number of likely N-dealkylation sites (N-methyl/N-ethyl adjacent to an activating group) is 1. The van der Waals surface area contributed by atoms with E-state index < -0.39 is 0 Å². The zero-order valence-electron chi connectivity index (χ0n) is 18.9. The second-order valence-electron chi connectivity index (χ2n) is 9.04. The van der Waals surface area contributed by atoms with Gasteiger partial charge < -0.3 is 14.7 Å². The van der Waals surface area contributed by atoms with Crippen LogP contribution in [0.4, 0.5) is 4.79 Å². The number of likely N-dealkylation sites (tertiary alicyclic amines) is 1. The summed E-state index contributed by atoms with van der Waals surface area (Å²) in [4.78, 5) is 17.1. The normalized spacial score (nSPS) is 18.5. The summed E-state index contributed by atoms with van der Waals surface area (Å²) in [5.74, 6) is 0.0404. The fourth-order valence-electron chi connectivity index (χ4n) is 5.17. The molecule has 1 saturated heterocycles. The molecule has 0 aromatic heterocycles. The van der Waals surface area contributed by atoms with Gasteiger partial charge >= 0.3 is 6.09 Å². The molecule has 33 heavy (non-hydrogen) atoms. The first-order valence-electron chi connectivity index (χ1n) is 11.6. The summed E-state index contributed by atoms with van der Waals surface area (Å²) < 4.78 is 5.91. The first-order chi connectivity index (χ1) is 16.1. The van der Waals surface area contributed by atoms with Gasteiger partial charge in [0.1, 0.15) is 6.61 Å². The van der Waals surface area contributed by atoms with Crippen LogP contribution in [0.1, 0.15) is 35.1 Å². The average molecular weight is 443 g/mol. The molecule has 0 bridgehead atoms. The molecule has 0 unspecified atom stereocenters. The summed E-state index contributed by atoms with van der Waals surface area (Å²) in [6, 6.07) is 26.6. The highest BCUT2D eigenvalue weighted by Gasteiger charge is 2.32. The topological polar surface area (TPSA) is 53.0 Å². The highest BCUT2D eigenvalue weighted by Crippen LogP contribution is 2.44. The fourth-order valence-corrected chi connectivity index (χ4v) is 5.17. The lowest BCUT2D eigenvalue weighted by Gasteiger charge is -2.31. The lowest BCUT2D eigenvalue weighted by Crippen LogP contribution is -2.39. The first kappa shape index (κ1) is 21.7. The van der Waals surface area contributed by atoms with Crippen LogP contribution in [-0.4, -0.2) is 60.4 Å². The molecule has 5 rings (SSSR count). The lowest BCUT2D eigenvalue weighted by atomic mass is 9.98. The van der Waals surface area contributed by atoms with Gasteiger partial charge in [0.2, 0.25) is 0 Å². The molecule has 0 spiro atoms. The maximum atomic E-state index is 13.2. The maximum absolute atomic E-state index is 13.2. The van der Waals surface area contributed by atoms with Crippen LogP contribution in [0.5, 0.6) is 0 Å². The van der Waals surface area contributed by atoms with Crippen LogP contribution in [0.3, 0.4) is 0 Å². The summed E-state index contributed by atoms with van der Waals surface area (Å²) in [7, 11) is 1.81. The SMILES string of the molecule is CN(C(=O)OCC1c2ccccc2-c2ccccc21)[C@H](CN1CC[C@H](O)C1)c1ccccc1. The van der Waals surface area contributed by atoms with Gasteiger partial charge in [-0.05, 0) is 34.2 Å². The van der Waals surface area contributed by atoms with Gasteiger partial charge in [0.25, 0.3) is 0 Å². The molecular formula is C28H30N2O3. The van der Waals surface area contributed by atoms with Crippen LogP contribution < -0.4 is 0 Å². The third-order valence-electron chi connectivity index (χ3n) is 6.95. The van der Waals surface area contributed by atoms with Crippen molar-refractivity contribution in [2.75, 3.05) is 33.3 Å². The molecule has 1 N–H and O–H groups in total. The molecule has 3 aromatic carbocycles. The van der Waals surface area contributed by atoms with Crippen molar-refractivity contribution in [1.82, 2.24) is 9.80 Å². The van der Waals surface area contributed by atoms with E-state index in [9.17, 15) is 9.90 Å². The van der Waals surface area contributed by atoms with Crippen molar-refractivity contribution in [3.05, 3.63) is 95.6 Å². The van der Waals surface area contributed by atoms with Gasteiger partial charge in [-0.3, -0.25) is 4.90 Å². The molecule has 5 heteroatoms. The number of carbonyl (C=O) groups excluding carboxylic acids is 1. The molecule has 1 heterocycles. The van der Waals surface area contributed by atoms with Crippen molar-refractivity contribution in [3.63, 3.8) is 0 Å². The molecule has 1 aliphatic carbocycles. The Morgan fingerprint density at radius 3 is 2.21 bits per heavy atom. The van der Waals surface area contributed by atoms with Gasteiger partial charge in [-0.2, -0.15) is 0 Å². The van der Waals surface area contributed by atoms with Crippen molar-refractivity contribution in [2.24, 2.45) is 0 Å². The molecule has 2 atom stereocenters. The van der Waals surface area contributed by atoms with E-state index in [1.54, 1.807) is 4.90 Å². The van der Waals surface area contributed by atoms with Crippen molar-refractivity contribution in [3.8, 4) is 11.1 Å². The highest BCUT2D eigenvalue weighted by atomic mass is 16.6. The number of fused-ring (bicyclic) bond motifs is 3. The number of amides is 1. The number of hydrogen-bond donors (Lipinski definition) is 1. The Kier molecular flexibility index (Phi) is 6.16. The average Bonchev–Trinajstić information content (AvgIpc) is 3.41. The van der Waals surface area contributed by atoms with E-state index in [0.29, 0.717) is 19.7 Å². The summed E-state index contributed by atoms with van der Waals surface area (Å²) in [5, 5.41) is 9.95. The quantitative estimate of drug-likeness (QED) is 0.603. The molecule has 0 saturated carbocycles. The van der Waals surface area contributed by atoms with Crippen LogP contribution in [0.15, 0.2) is 78.9 Å². The van der Waals surface area contributed by atoms with E-state index in [-0.39, 0.29) is 24.2 Å². The molecule has 1 amide bonds. The Labute approximate surface area is 195 Å². The smallest absolute Gasteiger partial charge is 0.410 e. The number of ether oxygens (including phenoxy) is 1. The Bertz CT molecular complexity index is 1070. The summed E-state index contributed by atoms with van der Waals surface area (Å²) in [6.45, 7) is 2.45. The zero-order chi connectivity index (χ0) is 22.8. The maximum Gasteiger partial charge on any atom is 0.410 e. The summed E-state index contributed by atoms with van der Waals surface area (Å²) in [6.07, 6.45) is 0.155. The van der Waals surface area contributed by atoms with E-state index in [4.69, 9.17) is 4.74 Å². The highest BCUT2D eigenvalue weighted by molar-refractivity contribution is 5.79. The van der Waals surface area contributed by atoms with Gasteiger partial charge in [-0.1, -0.05) is 78.9 Å². The standard InChI is InChI=1S/C28H30N2O3/c1-29(27(20-9-3-2-4-10-20)18-30-16-15-21(31)17-30)28(32)33-19-26-24-13-7-5-11-22(24)23-12-6-8-14-25(23)26/h2-14,21,26-27,31H,15-19H2,1H3/t21-,27+/m0/s1. The van der Waals surface area contributed by atoms with E-state index >= 15 is 0 Å². The van der Waals surface area contributed by atoms with E-state index in [0.717, 1.165) is 18.5 Å². The second kappa shape index (κ2) is 9.38. The summed E-state index contributed by atoms with van der Waals surface area (Å²) >= 11 is 0. The molecule has 3 aromatic rings. The molecular weight excluding hydrogens is 412 g/mol. The first-order valence-corrected chi connectivity index (χ1v) is 11.6. The van der Waals surface area contributed by atoms with Gasteiger partial charge in [0.15, 0.2) is 0 Å². The number of benzene rings is 3. The number of aliphatic hydroxyl groups is 1. The van der Waals surface area contributed by atoms with Gasteiger partial charge in [0.05, 0.1) is 12.1 Å². The van der Waals surface area contributed by atoms with Crippen molar-refractivity contribution in [1.29, 1.82) is 0 Å². The van der Waals surface area contributed by atoms with Crippen molar-refractivity contribution in [2.45, 2.75) is 24.5 Å². The van der Waals surface area contributed by atoms with Crippen LogP contribution in [-0.2, 0) is 4.74 Å². The minimum Gasteiger partial charge on any atom is -0.448 e. The second-order valence-corrected chi connectivity index (χ2v) is 9.04. The van der Waals surface area contributed by atoms with Gasteiger partial charge in [-0.25, -0.2) is 4.79 Å². The minimum atomic E-state index is -0.328. The number of aliphatic hydroxyl groups excluding tert-OH is 1. The molecule has 5 nitrogen and oxygen atoms in total. The van der Waals surface area contributed by atoms with E-state index in [1.807, 2.05) is 49.5 Å². The third-order valence-corrected chi connectivity index (χ3v) is 6.95. The van der Waals surface area contributed by atoms with E-state index in [2.05, 4.69) is 41.3 Å². The lowest BCUT2D eigenvalue weighted by molar-refractivity contribution is 0.0849. The Morgan fingerprint density at radius 2 is 1.61 bits per heavy atom. The molecule has 170 valence electrons. The third kappa shape index (κ3) is 4.39. The Hall–Kier alpha value is -3.15. The van der Waals surface area contributed by atoms with Crippen LogP contribution in [0, 0.1) is 0 Å². The number of nitrogens with zero attached hydrogens (tertiary/aromatic N) is 2. The number of rotatable bonds is 6. The molecule has 2 aliphatic rings. The number of hydrogen-bond acceptors (Lipinski definition) is 4.